The van der Waals surface area contributed by atoms with Crippen LogP contribution in [0.5, 0.6) is 0 Å². The lowest BCUT2D eigenvalue weighted by Crippen LogP contribution is -2.27. The zero-order valence-electron chi connectivity index (χ0n) is 18.1. The van der Waals surface area contributed by atoms with Crippen LogP contribution in [0.2, 0.25) is 0 Å². The number of nitrogens with one attached hydrogen (secondary N) is 2. The number of sulfonamides is 1. The van der Waals surface area contributed by atoms with Gasteiger partial charge in [0.25, 0.3) is 0 Å². The Morgan fingerprint density at radius 1 is 0.806 bits per heavy atom. The van der Waals surface area contributed by atoms with Crippen molar-refractivity contribution in [1.29, 1.82) is 0 Å². The molecule has 0 aliphatic heterocycles. The number of hydrogen-bond acceptors (Lipinski definition) is 3. The second kappa shape index (κ2) is 9.93. The molecule has 0 aliphatic carbocycles. The van der Waals surface area contributed by atoms with Gasteiger partial charge in [-0.25, -0.2) is 8.42 Å². The second-order valence-corrected chi connectivity index (χ2v) is 9.59. The lowest BCUT2D eigenvalue weighted by atomic mass is 10.1. The van der Waals surface area contributed by atoms with E-state index in [1.54, 1.807) is 24.3 Å². The van der Waals surface area contributed by atoms with Crippen LogP contribution in [0.1, 0.15) is 39.4 Å². The molecule has 0 saturated carbocycles. The summed E-state index contributed by atoms with van der Waals surface area (Å²) >= 11 is 0. The van der Waals surface area contributed by atoms with Crippen LogP contribution in [0, 0.1) is 33.1 Å². The van der Waals surface area contributed by atoms with Crippen LogP contribution < -0.4 is 10.0 Å². The summed E-state index contributed by atoms with van der Waals surface area (Å²) in [4.78, 5) is 0.200. The third kappa shape index (κ3) is 6.28. The molecule has 0 aromatic heterocycles. The van der Waals surface area contributed by atoms with Crippen molar-refractivity contribution in [2.45, 2.75) is 44.8 Å². The summed E-state index contributed by atoms with van der Waals surface area (Å²) in [5, 5.41) is 3.45. The van der Waals surface area contributed by atoms with Crippen LogP contribution in [0.3, 0.4) is 0 Å². The minimum absolute atomic E-state index is 0.200. The molecule has 5 heteroatoms. The normalized spacial score (nSPS) is 12.3. The first-order chi connectivity index (χ1) is 14.8. The Labute approximate surface area is 185 Å². The van der Waals surface area contributed by atoms with Crippen LogP contribution >= 0.6 is 0 Å². The molecule has 0 bridgehead atoms. The van der Waals surface area contributed by atoms with E-state index in [1.807, 2.05) is 31.2 Å². The second-order valence-electron chi connectivity index (χ2n) is 7.88. The van der Waals surface area contributed by atoms with Crippen molar-refractivity contribution in [3.05, 3.63) is 100 Å². The monoisotopic (exact) mass is 432 g/mol. The molecule has 0 saturated heterocycles. The summed E-state index contributed by atoms with van der Waals surface area (Å²) in [6, 6.07) is 20.2. The van der Waals surface area contributed by atoms with Gasteiger partial charge < -0.3 is 5.32 Å². The van der Waals surface area contributed by atoms with Crippen molar-refractivity contribution in [3.63, 3.8) is 0 Å². The number of rotatable bonds is 8. The molecule has 3 aromatic carbocycles. The Morgan fingerprint density at radius 3 is 1.97 bits per heavy atom. The summed E-state index contributed by atoms with van der Waals surface area (Å²) in [5.74, 6) is 2.54. The lowest BCUT2D eigenvalue weighted by molar-refractivity contribution is 0.576. The van der Waals surface area contributed by atoms with Crippen LogP contribution in [-0.4, -0.2) is 8.42 Å². The van der Waals surface area contributed by atoms with Gasteiger partial charge in [0.2, 0.25) is 10.0 Å². The molecule has 160 valence electrons. The maximum Gasteiger partial charge on any atom is 0.241 e. The Morgan fingerprint density at radius 2 is 1.39 bits per heavy atom. The Hall–Kier alpha value is -2.91. The van der Waals surface area contributed by atoms with Crippen molar-refractivity contribution in [3.8, 4) is 12.3 Å². The fourth-order valence-electron chi connectivity index (χ4n) is 3.49. The van der Waals surface area contributed by atoms with Gasteiger partial charge in [-0.2, -0.15) is 4.72 Å². The minimum atomic E-state index is -3.70. The van der Waals surface area contributed by atoms with Crippen LogP contribution in [0.15, 0.2) is 71.6 Å². The molecule has 2 N–H and O–H groups in total. The van der Waals surface area contributed by atoms with Gasteiger partial charge in [-0.15, -0.1) is 6.42 Å². The van der Waals surface area contributed by atoms with Gasteiger partial charge in [-0.05, 0) is 49.6 Å². The van der Waals surface area contributed by atoms with E-state index in [4.69, 9.17) is 6.42 Å². The van der Waals surface area contributed by atoms with E-state index in [1.165, 1.54) is 16.7 Å². The maximum atomic E-state index is 12.7. The average molecular weight is 433 g/mol. The van der Waals surface area contributed by atoms with E-state index in [-0.39, 0.29) is 4.90 Å². The topological polar surface area (TPSA) is 58.2 Å². The van der Waals surface area contributed by atoms with Crippen LogP contribution in [-0.2, 0) is 23.1 Å². The highest BCUT2D eigenvalue weighted by Gasteiger charge is 2.19. The number of terminal acetylenes is 1. The molecule has 0 aliphatic rings. The zero-order chi connectivity index (χ0) is 22.4. The fourth-order valence-corrected chi connectivity index (χ4v) is 4.63. The van der Waals surface area contributed by atoms with Gasteiger partial charge in [-0.1, -0.05) is 77.2 Å². The van der Waals surface area contributed by atoms with Crippen LogP contribution in [0.4, 0.5) is 0 Å². The standard InChI is InChI=1S/C26H28N2O2S/c1-5-26(28-31(29,30)25-12-6-19(2)7-13-25)24-10-8-22(9-11-24)17-27-18-23-15-20(3)14-21(4)16-23/h1,6-16,26-28H,17-18H2,2-4H3. The highest BCUT2D eigenvalue weighted by Crippen LogP contribution is 2.18. The zero-order valence-corrected chi connectivity index (χ0v) is 19.0. The summed E-state index contributed by atoms with van der Waals surface area (Å²) in [5.41, 5.74) is 6.60. The van der Waals surface area contributed by atoms with E-state index < -0.39 is 16.1 Å². The van der Waals surface area contributed by atoms with Gasteiger partial charge in [-0.3, -0.25) is 0 Å². The molecule has 31 heavy (non-hydrogen) atoms. The summed E-state index contributed by atoms with van der Waals surface area (Å²) in [7, 11) is -3.70. The Bertz CT molecular complexity index is 1160. The largest absolute Gasteiger partial charge is 0.309 e. The van der Waals surface area contributed by atoms with E-state index >= 15 is 0 Å². The third-order valence-corrected chi connectivity index (χ3v) is 6.46. The van der Waals surface area contributed by atoms with Crippen molar-refractivity contribution < 1.29 is 8.42 Å². The molecule has 3 rings (SSSR count). The number of hydrogen-bond donors (Lipinski definition) is 2. The van der Waals surface area contributed by atoms with Crippen LogP contribution in [0.25, 0.3) is 0 Å². The molecule has 1 unspecified atom stereocenters. The molecular weight excluding hydrogens is 404 g/mol. The molecule has 3 aromatic rings. The third-order valence-electron chi connectivity index (χ3n) is 5.02. The van der Waals surface area contributed by atoms with Crippen molar-refractivity contribution in [2.24, 2.45) is 0 Å². The first kappa shape index (κ1) is 22.8. The molecule has 0 fully saturated rings. The quantitative estimate of drug-likeness (QED) is 0.513. The summed E-state index contributed by atoms with van der Waals surface area (Å²) in [6.07, 6.45) is 5.63. The first-order valence-corrected chi connectivity index (χ1v) is 11.7. The number of aryl methyl sites for hydroxylation is 3. The smallest absolute Gasteiger partial charge is 0.241 e. The predicted octanol–water partition coefficient (Wildman–Crippen LogP) is 4.55. The average Bonchev–Trinajstić information content (AvgIpc) is 2.72. The summed E-state index contributed by atoms with van der Waals surface area (Å²) < 4.78 is 27.9. The Balaban J connectivity index is 1.62. The maximum absolute atomic E-state index is 12.7. The fraction of sp³-hybridized carbons (Fsp3) is 0.231. The van der Waals surface area contributed by atoms with E-state index in [0.29, 0.717) is 6.54 Å². The first-order valence-electron chi connectivity index (χ1n) is 10.2. The van der Waals surface area contributed by atoms with E-state index in [0.717, 1.165) is 23.2 Å². The lowest BCUT2D eigenvalue weighted by Gasteiger charge is -2.15. The molecular formula is C26H28N2O2S. The van der Waals surface area contributed by atoms with Crippen molar-refractivity contribution >= 4 is 10.0 Å². The SMILES string of the molecule is C#CC(NS(=O)(=O)c1ccc(C)cc1)c1ccc(CNCc2cc(C)cc(C)c2)cc1. The van der Waals surface area contributed by atoms with Crippen molar-refractivity contribution in [1.82, 2.24) is 10.0 Å². The summed E-state index contributed by atoms with van der Waals surface area (Å²) in [6.45, 7) is 7.61. The highest BCUT2D eigenvalue weighted by atomic mass is 32.2. The van der Waals surface area contributed by atoms with Gasteiger partial charge >= 0.3 is 0 Å². The van der Waals surface area contributed by atoms with Crippen molar-refractivity contribution in [2.75, 3.05) is 0 Å². The molecule has 0 radical (unpaired) electrons. The van der Waals surface area contributed by atoms with E-state index in [9.17, 15) is 8.42 Å². The molecule has 1 atom stereocenters. The highest BCUT2D eigenvalue weighted by molar-refractivity contribution is 7.89. The predicted molar refractivity (Wildman–Crippen MR) is 126 cm³/mol. The Kier molecular flexibility index (Phi) is 7.29. The molecule has 0 amide bonds. The van der Waals surface area contributed by atoms with E-state index in [2.05, 4.69) is 48.0 Å². The van der Waals surface area contributed by atoms with Gasteiger partial charge in [0.05, 0.1) is 4.90 Å². The number of benzene rings is 3. The molecule has 4 nitrogen and oxygen atoms in total. The molecule has 0 spiro atoms. The van der Waals surface area contributed by atoms with Gasteiger partial charge in [0, 0.05) is 13.1 Å². The molecule has 0 heterocycles. The minimum Gasteiger partial charge on any atom is -0.309 e. The van der Waals surface area contributed by atoms with Gasteiger partial charge in [0.1, 0.15) is 6.04 Å². The van der Waals surface area contributed by atoms with Gasteiger partial charge in [0.15, 0.2) is 0 Å².